The maximum Gasteiger partial charge on any atom is 0.0998 e. The van der Waals surface area contributed by atoms with Crippen molar-refractivity contribution in [3.63, 3.8) is 0 Å². The number of nitriles is 1. The number of para-hydroxylation sites is 3. The lowest BCUT2D eigenvalue weighted by Gasteiger charge is -2.14. The second-order valence-electron chi connectivity index (χ2n) is 13.6. The number of hydrogen-bond donors (Lipinski definition) is 0. The lowest BCUT2D eigenvalue weighted by Crippen LogP contribution is -1.96. The van der Waals surface area contributed by atoms with Crippen molar-refractivity contribution in [1.82, 2.24) is 9.13 Å². The summed E-state index contributed by atoms with van der Waals surface area (Å²) in [7, 11) is 0. The molecule has 3 nitrogen and oxygen atoms in total. The Morgan fingerprint density at radius 3 is 1.40 bits per heavy atom. The molecule has 0 N–H and O–H groups in total. The van der Waals surface area contributed by atoms with Crippen LogP contribution in [0.15, 0.2) is 176 Å². The molecule has 3 heteroatoms. The molecule has 2 aromatic heterocycles. The maximum atomic E-state index is 10.5. The molecule has 2 heterocycles. The Morgan fingerprint density at radius 2 is 0.808 bits per heavy atom. The average molecular weight is 660 g/mol. The van der Waals surface area contributed by atoms with E-state index in [-0.39, 0.29) is 0 Å². The third kappa shape index (κ3) is 4.01. The van der Waals surface area contributed by atoms with E-state index in [9.17, 15) is 5.26 Å². The minimum atomic E-state index is 0.693. The largest absolute Gasteiger partial charge is 0.309 e. The molecule has 0 saturated carbocycles. The Labute approximate surface area is 299 Å². The molecule has 240 valence electrons. The molecule has 0 fully saturated rings. The van der Waals surface area contributed by atoms with E-state index in [1.807, 2.05) is 0 Å². The summed E-state index contributed by atoms with van der Waals surface area (Å²) in [5.41, 5.74) is 9.76. The van der Waals surface area contributed by atoms with Crippen LogP contribution in [0.5, 0.6) is 0 Å². The van der Waals surface area contributed by atoms with Crippen LogP contribution in [0.2, 0.25) is 0 Å². The highest BCUT2D eigenvalue weighted by Gasteiger charge is 2.19. The Kier molecular flexibility index (Phi) is 6.02. The predicted octanol–water partition coefficient (Wildman–Crippen LogP) is 12.9. The maximum absolute atomic E-state index is 10.5. The molecule has 11 aromatic rings. The van der Waals surface area contributed by atoms with E-state index in [0.717, 1.165) is 49.6 Å². The van der Waals surface area contributed by atoms with Gasteiger partial charge in [-0.05, 0) is 98.7 Å². The van der Waals surface area contributed by atoms with Crippen LogP contribution < -0.4 is 0 Å². The predicted molar refractivity (Wildman–Crippen MR) is 218 cm³/mol. The molecule has 52 heavy (non-hydrogen) atoms. The summed E-state index contributed by atoms with van der Waals surface area (Å²) in [5.74, 6) is 0. The Morgan fingerprint density at radius 1 is 0.327 bits per heavy atom. The lowest BCUT2D eigenvalue weighted by atomic mass is 9.89. The average Bonchev–Trinajstić information content (AvgIpc) is 3.72. The van der Waals surface area contributed by atoms with Gasteiger partial charge in [0.2, 0.25) is 0 Å². The molecule has 0 saturated heterocycles. The van der Waals surface area contributed by atoms with Gasteiger partial charge in [-0.25, -0.2) is 0 Å². The van der Waals surface area contributed by atoms with Crippen molar-refractivity contribution in [2.75, 3.05) is 0 Å². The van der Waals surface area contributed by atoms with Crippen molar-refractivity contribution in [3.05, 3.63) is 181 Å². The molecule has 0 aliphatic heterocycles. The van der Waals surface area contributed by atoms with Gasteiger partial charge in [0.05, 0.1) is 33.7 Å². The summed E-state index contributed by atoms with van der Waals surface area (Å²) in [6.07, 6.45) is 0. The van der Waals surface area contributed by atoms with E-state index in [2.05, 4.69) is 191 Å². The SMILES string of the molecule is N#Cc1cc(-c2ccc(-n3c4ccccc4c4cc5c6ccccc6n(-c6ccccc6)c5cc43)cc2)cc2c3ccccc3c3ccccc3c12. The molecule has 0 atom stereocenters. The molecular weight excluding hydrogens is 631 g/mol. The third-order valence-electron chi connectivity index (χ3n) is 10.9. The van der Waals surface area contributed by atoms with E-state index in [1.54, 1.807) is 0 Å². The first-order chi connectivity index (χ1) is 25.8. The number of hydrogen-bond acceptors (Lipinski definition) is 1. The molecular formula is C49H29N3. The Balaban J connectivity index is 1.13. The number of benzene rings is 9. The lowest BCUT2D eigenvalue weighted by molar-refractivity contribution is 1.16. The minimum Gasteiger partial charge on any atom is -0.309 e. The highest BCUT2D eigenvalue weighted by Crippen LogP contribution is 2.41. The minimum absolute atomic E-state index is 0.693. The molecule has 0 unspecified atom stereocenters. The normalized spacial score (nSPS) is 11.8. The summed E-state index contributed by atoms with van der Waals surface area (Å²) in [6.45, 7) is 0. The van der Waals surface area contributed by atoms with Crippen molar-refractivity contribution in [3.8, 4) is 28.6 Å². The fraction of sp³-hybridized carbons (Fsp3) is 0. The molecule has 0 aliphatic rings. The zero-order valence-corrected chi connectivity index (χ0v) is 28.1. The van der Waals surface area contributed by atoms with Crippen molar-refractivity contribution in [1.29, 1.82) is 5.26 Å². The monoisotopic (exact) mass is 659 g/mol. The van der Waals surface area contributed by atoms with Gasteiger partial charge < -0.3 is 9.13 Å². The van der Waals surface area contributed by atoms with E-state index in [4.69, 9.17) is 0 Å². The van der Waals surface area contributed by atoms with Gasteiger partial charge in [0.1, 0.15) is 0 Å². The molecule has 0 aliphatic carbocycles. The molecule has 9 aromatic carbocycles. The summed E-state index contributed by atoms with van der Waals surface area (Å²) in [4.78, 5) is 0. The Bertz CT molecular complexity index is 3280. The first-order valence-corrected chi connectivity index (χ1v) is 17.7. The van der Waals surface area contributed by atoms with Gasteiger partial charge in [-0.2, -0.15) is 5.26 Å². The zero-order valence-electron chi connectivity index (χ0n) is 28.1. The van der Waals surface area contributed by atoms with E-state index >= 15 is 0 Å². The van der Waals surface area contributed by atoms with Crippen LogP contribution in [0, 0.1) is 11.3 Å². The fourth-order valence-corrected chi connectivity index (χ4v) is 8.66. The first kappa shape index (κ1) is 28.7. The smallest absolute Gasteiger partial charge is 0.0998 e. The zero-order chi connectivity index (χ0) is 34.3. The summed E-state index contributed by atoms with van der Waals surface area (Å²) in [5, 5.41) is 22.2. The molecule has 0 amide bonds. The van der Waals surface area contributed by atoms with E-state index in [0.29, 0.717) is 5.56 Å². The highest BCUT2D eigenvalue weighted by molar-refractivity contribution is 6.27. The van der Waals surface area contributed by atoms with Gasteiger partial charge in [0.25, 0.3) is 0 Å². The van der Waals surface area contributed by atoms with Gasteiger partial charge in [0, 0.05) is 38.3 Å². The number of nitrogens with zero attached hydrogens (tertiary/aromatic N) is 3. The topological polar surface area (TPSA) is 33.6 Å². The second-order valence-corrected chi connectivity index (χ2v) is 13.6. The molecule has 0 radical (unpaired) electrons. The van der Waals surface area contributed by atoms with Crippen LogP contribution in [0.1, 0.15) is 5.56 Å². The van der Waals surface area contributed by atoms with Crippen LogP contribution >= 0.6 is 0 Å². The fourth-order valence-electron chi connectivity index (χ4n) is 8.66. The van der Waals surface area contributed by atoms with Gasteiger partial charge in [-0.3, -0.25) is 0 Å². The van der Waals surface area contributed by atoms with Gasteiger partial charge in [-0.15, -0.1) is 0 Å². The quantitative estimate of drug-likeness (QED) is 0.174. The van der Waals surface area contributed by atoms with Crippen molar-refractivity contribution in [2.24, 2.45) is 0 Å². The summed E-state index contributed by atoms with van der Waals surface area (Å²) < 4.78 is 4.77. The Hall–Kier alpha value is -7.15. The van der Waals surface area contributed by atoms with E-state index in [1.165, 1.54) is 48.9 Å². The van der Waals surface area contributed by atoms with E-state index < -0.39 is 0 Å². The number of fused-ring (bicyclic) bond motifs is 12. The van der Waals surface area contributed by atoms with Gasteiger partial charge in [-0.1, -0.05) is 115 Å². The first-order valence-electron chi connectivity index (χ1n) is 17.7. The van der Waals surface area contributed by atoms with Crippen molar-refractivity contribution in [2.45, 2.75) is 0 Å². The summed E-state index contributed by atoms with van der Waals surface area (Å²) in [6, 6.07) is 65.4. The molecule has 11 rings (SSSR count). The molecule has 0 bridgehead atoms. The van der Waals surface area contributed by atoms with Crippen LogP contribution in [-0.4, -0.2) is 9.13 Å². The van der Waals surface area contributed by atoms with Crippen LogP contribution in [0.25, 0.3) is 98.4 Å². The van der Waals surface area contributed by atoms with Crippen molar-refractivity contribution >= 4 is 75.9 Å². The van der Waals surface area contributed by atoms with Crippen LogP contribution in [0.4, 0.5) is 0 Å². The third-order valence-corrected chi connectivity index (χ3v) is 10.9. The van der Waals surface area contributed by atoms with Crippen LogP contribution in [0.3, 0.4) is 0 Å². The number of rotatable bonds is 3. The highest BCUT2D eigenvalue weighted by atomic mass is 15.0. The number of aromatic nitrogens is 2. The second kappa shape index (κ2) is 10.9. The molecule has 0 spiro atoms. The van der Waals surface area contributed by atoms with Crippen LogP contribution in [-0.2, 0) is 0 Å². The van der Waals surface area contributed by atoms with Gasteiger partial charge >= 0.3 is 0 Å². The van der Waals surface area contributed by atoms with Crippen molar-refractivity contribution < 1.29 is 0 Å². The summed E-state index contributed by atoms with van der Waals surface area (Å²) >= 11 is 0. The van der Waals surface area contributed by atoms with Gasteiger partial charge in [0.15, 0.2) is 0 Å². The standard InChI is InChI=1S/C49H29N3/c50-30-33-26-32(27-44-38-16-5-4-14-36(38)37-15-6-7-19-41(37)49(33)44)31-22-24-35(25-23-31)52-46-21-11-9-18-40(46)43-28-42-39-17-8-10-20-45(39)51(47(42)29-48(43)52)34-12-2-1-3-13-34/h1-29H.